The molecule has 2 aromatic rings. The summed E-state index contributed by atoms with van der Waals surface area (Å²) in [6, 6.07) is 10.3. The molecule has 1 N–H and O–H groups in total. The Morgan fingerprint density at radius 3 is 2.61 bits per heavy atom. The van der Waals surface area contributed by atoms with Crippen LogP contribution in [0.1, 0.15) is 29.3 Å². The van der Waals surface area contributed by atoms with Crippen molar-refractivity contribution in [2.45, 2.75) is 36.7 Å². The van der Waals surface area contributed by atoms with Crippen LogP contribution in [0.25, 0.3) is 0 Å². The number of sulfonamides is 1. The molecule has 0 bridgehead atoms. The Morgan fingerprint density at radius 1 is 1.19 bits per heavy atom. The fourth-order valence-electron chi connectivity index (χ4n) is 4.23. The molecule has 2 atom stereocenters. The van der Waals surface area contributed by atoms with Gasteiger partial charge >= 0.3 is 0 Å². The smallest absolute Gasteiger partial charge is 0.243 e. The normalized spacial score (nSPS) is 21.8. The summed E-state index contributed by atoms with van der Waals surface area (Å²) >= 11 is 1.67. The number of nitrogens with zero attached hydrogens (tertiary/aromatic N) is 2. The number of carbonyl (C=O) groups is 1. The van der Waals surface area contributed by atoms with Crippen LogP contribution in [0.3, 0.4) is 0 Å². The number of aryl methyl sites for hydroxylation is 1. The molecule has 2 saturated heterocycles. The first-order chi connectivity index (χ1) is 15.0. The Bertz CT molecular complexity index is 971. The second-order valence-corrected chi connectivity index (χ2v) is 10.9. The Labute approximate surface area is 188 Å². The summed E-state index contributed by atoms with van der Waals surface area (Å²) in [4.78, 5) is 16.8. The summed E-state index contributed by atoms with van der Waals surface area (Å²) in [6.07, 6.45) is 1.22. The van der Waals surface area contributed by atoms with Crippen molar-refractivity contribution in [3.8, 4) is 0 Å². The molecule has 3 heterocycles. The third-order valence-corrected chi connectivity index (χ3v) is 8.86. The molecule has 0 aliphatic carbocycles. The molecule has 0 saturated carbocycles. The number of rotatable bonds is 7. The highest BCUT2D eigenvalue weighted by molar-refractivity contribution is 7.89. The van der Waals surface area contributed by atoms with Gasteiger partial charge in [0, 0.05) is 31.1 Å². The highest BCUT2D eigenvalue weighted by Gasteiger charge is 2.39. The van der Waals surface area contributed by atoms with Crippen LogP contribution in [0.2, 0.25) is 0 Å². The molecule has 1 amide bonds. The van der Waals surface area contributed by atoms with Crippen molar-refractivity contribution in [1.82, 2.24) is 14.5 Å². The molecular formula is C22H29N3O4S2. The van der Waals surface area contributed by atoms with Crippen LogP contribution in [-0.2, 0) is 19.6 Å². The lowest BCUT2D eigenvalue weighted by Gasteiger charge is -2.34. The zero-order chi connectivity index (χ0) is 21.8. The quantitative estimate of drug-likeness (QED) is 0.682. The molecule has 7 nitrogen and oxygen atoms in total. The topological polar surface area (TPSA) is 79.0 Å². The molecule has 0 spiro atoms. The number of thiophene rings is 1. The Morgan fingerprint density at radius 2 is 1.94 bits per heavy atom. The number of hydrogen-bond donors (Lipinski definition) is 1. The third-order valence-electron chi connectivity index (χ3n) is 5.96. The maximum atomic E-state index is 13.2. The zero-order valence-electron chi connectivity index (χ0n) is 17.7. The molecule has 4 rings (SSSR count). The van der Waals surface area contributed by atoms with E-state index in [2.05, 4.69) is 16.3 Å². The molecule has 9 heteroatoms. The van der Waals surface area contributed by atoms with E-state index in [1.54, 1.807) is 35.6 Å². The monoisotopic (exact) mass is 463 g/mol. The number of amides is 1. The lowest BCUT2D eigenvalue weighted by atomic mass is 10.1. The Kier molecular flexibility index (Phi) is 7.08. The van der Waals surface area contributed by atoms with Gasteiger partial charge in [-0.05, 0) is 43.3 Å². The summed E-state index contributed by atoms with van der Waals surface area (Å²) in [7, 11) is -3.70. The van der Waals surface area contributed by atoms with Gasteiger partial charge in [0.2, 0.25) is 15.9 Å². The van der Waals surface area contributed by atoms with E-state index in [1.807, 2.05) is 18.4 Å². The molecular weight excluding hydrogens is 434 g/mol. The van der Waals surface area contributed by atoms with Crippen molar-refractivity contribution in [3.05, 3.63) is 52.2 Å². The Balaban J connectivity index is 1.46. The van der Waals surface area contributed by atoms with E-state index in [0.717, 1.165) is 18.7 Å². The highest BCUT2D eigenvalue weighted by Crippen LogP contribution is 2.28. The average molecular weight is 464 g/mol. The van der Waals surface area contributed by atoms with Gasteiger partial charge in [0.15, 0.2) is 0 Å². The number of morpholine rings is 1. The van der Waals surface area contributed by atoms with Gasteiger partial charge in [-0.1, -0.05) is 23.8 Å². The van der Waals surface area contributed by atoms with Crippen LogP contribution >= 0.6 is 11.3 Å². The number of nitrogens with one attached hydrogen (secondary N) is 1. The van der Waals surface area contributed by atoms with Gasteiger partial charge in [0.05, 0.1) is 24.2 Å². The summed E-state index contributed by atoms with van der Waals surface area (Å²) in [5.74, 6) is -0.219. The fraction of sp³-hybridized carbons (Fsp3) is 0.500. The van der Waals surface area contributed by atoms with E-state index in [0.29, 0.717) is 39.1 Å². The lowest BCUT2D eigenvalue weighted by molar-refractivity contribution is -0.124. The summed E-state index contributed by atoms with van der Waals surface area (Å²) in [6.45, 7) is 5.73. The molecule has 2 aliphatic heterocycles. The minimum atomic E-state index is -3.70. The summed E-state index contributed by atoms with van der Waals surface area (Å²) < 4.78 is 33.2. The first-order valence-corrected chi connectivity index (χ1v) is 13.0. The minimum absolute atomic E-state index is 0.0661. The average Bonchev–Trinajstić information content (AvgIpc) is 3.48. The number of ether oxygens (including phenoxy) is 1. The maximum absolute atomic E-state index is 13.2. The second kappa shape index (κ2) is 9.79. The molecule has 168 valence electrons. The van der Waals surface area contributed by atoms with E-state index in [1.165, 1.54) is 9.18 Å². The van der Waals surface area contributed by atoms with Crippen LogP contribution < -0.4 is 5.32 Å². The van der Waals surface area contributed by atoms with Crippen molar-refractivity contribution in [3.63, 3.8) is 0 Å². The van der Waals surface area contributed by atoms with Crippen molar-refractivity contribution in [2.24, 2.45) is 0 Å². The zero-order valence-corrected chi connectivity index (χ0v) is 19.3. The number of benzene rings is 1. The first kappa shape index (κ1) is 22.4. The predicted molar refractivity (Wildman–Crippen MR) is 121 cm³/mol. The second-order valence-electron chi connectivity index (χ2n) is 8.01. The standard InChI is InChI=1S/C22H29N3O4S2/c1-17-6-8-18(9-7-17)31(27,28)25-10-2-4-19(25)22(26)23-16-20(21-5-3-15-30-21)24-11-13-29-14-12-24/h3,5-9,15,19-20H,2,4,10-14,16H2,1H3,(H,23,26)/t19-,20?/m0/s1. The third kappa shape index (κ3) is 5.01. The molecule has 1 aromatic heterocycles. The molecule has 31 heavy (non-hydrogen) atoms. The summed E-state index contributed by atoms with van der Waals surface area (Å²) in [5.41, 5.74) is 0.998. The number of hydrogen-bond acceptors (Lipinski definition) is 6. The summed E-state index contributed by atoms with van der Waals surface area (Å²) in [5, 5.41) is 5.09. The van der Waals surface area contributed by atoms with E-state index in [-0.39, 0.29) is 16.8 Å². The molecule has 2 fully saturated rings. The van der Waals surface area contributed by atoms with Gasteiger partial charge < -0.3 is 10.1 Å². The van der Waals surface area contributed by atoms with Gasteiger partial charge in [-0.3, -0.25) is 9.69 Å². The van der Waals surface area contributed by atoms with Crippen LogP contribution in [0.15, 0.2) is 46.7 Å². The van der Waals surface area contributed by atoms with Crippen LogP contribution in [0.4, 0.5) is 0 Å². The molecule has 2 aliphatic rings. The predicted octanol–water partition coefficient (Wildman–Crippen LogP) is 2.40. The van der Waals surface area contributed by atoms with Gasteiger partial charge in [-0.15, -0.1) is 11.3 Å². The van der Waals surface area contributed by atoms with Crippen molar-refractivity contribution in [2.75, 3.05) is 39.4 Å². The maximum Gasteiger partial charge on any atom is 0.243 e. The fourth-order valence-corrected chi connectivity index (χ4v) is 6.75. The van der Waals surface area contributed by atoms with Gasteiger partial charge in [-0.2, -0.15) is 4.31 Å². The molecule has 1 unspecified atom stereocenters. The van der Waals surface area contributed by atoms with E-state index >= 15 is 0 Å². The molecule has 1 aromatic carbocycles. The van der Waals surface area contributed by atoms with E-state index in [4.69, 9.17) is 4.74 Å². The van der Waals surface area contributed by atoms with Crippen LogP contribution in [-0.4, -0.2) is 69.0 Å². The largest absolute Gasteiger partial charge is 0.379 e. The van der Waals surface area contributed by atoms with Gasteiger partial charge in [-0.25, -0.2) is 8.42 Å². The first-order valence-electron chi connectivity index (χ1n) is 10.7. The van der Waals surface area contributed by atoms with Gasteiger partial charge in [0.1, 0.15) is 6.04 Å². The van der Waals surface area contributed by atoms with Crippen LogP contribution in [0.5, 0.6) is 0 Å². The van der Waals surface area contributed by atoms with Crippen molar-refractivity contribution in [1.29, 1.82) is 0 Å². The van der Waals surface area contributed by atoms with E-state index < -0.39 is 16.1 Å². The van der Waals surface area contributed by atoms with Crippen molar-refractivity contribution >= 4 is 27.3 Å². The highest BCUT2D eigenvalue weighted by atomic mass is 32.2. The van der Waals surface area contributed by atoms with Crippen LogP contribution in [0, 0.1) is 6.92 Å². The SMILES string of the molecule is Cc1ccc(S(=O)(=O)N2CCC[C@H]2C(=O)NCC(c2cccs2)N2CCOCC2)cc1. The number of carbonyl (C=O) groups excluding carboxylic acids is 1. The lowest BCUT2D eigenvalue weighted by Crippen LogP contribution is -2.49. The van der Waals surface area contributed by atoms with Crippen molar-refractivity contribution < 1.29 is 17.9 Å². The van der Waals surface area contributed by atoms with Gasteiger partial charge in [0.25, 0.3) is 0 Å². The molecule has 0 radical (unpaired) electrons. The minimum Gasteiger partial charge on any atom is -0.379 e. The Hall–Kier alpha value is -1.78. The van der Waals surface area contributed by atoms with E-state index in [9.17, 15) is 13.2 Å².